The minimum atomic E-state index is -0.0655. The van der Waals surface area contributed by atoms with Crippen LogP contribution in [-0.4, -0.2) is 18.6 Å². The third kappa shape index (κ3) is 4.59. The van der Waals surface area contributed by atoms with Crippen molar-refractivity contribution in [3.05, 3.63) is 64.2 Å². The fourth-order valence-corrected chi connectivity index (χ4v) is 2.26. The predicted molar refractivity (Wildman–Crippen MR) is 94.3 cm³/mol. The predicted octanol–water partition coefficient (Wildman–Crippen LogP) is 4.12. The Morgan fingerprint density at radius 2 is 1.57 bits per heavy atom. The standard InChI is InChI=1S/C20H25NO2/c1-13-6-8-18(10-15(13)3)20(22)21-17(5)12-23-19-9-7-14(2)16(4)11-19/h6-11,17H,12H2,1-5H3,(H,21,22)/t17-/m1/s1. The van der Waals surface area contributed by atoms with Crippen LogP contribution in [0.15, 0.2) is 36.4 Å². The normalized spacial score (nSPS) is 11.9. The van der Waals surface area contributed by atoms with Crippen LogP contribution in [-0.2, 0) is 0 Å². The number of amides is 1. The molecule has 0 fully saturated rings. The number of nitrogens with one attached hydrogen (secondary N) is 1. The summed E-state index contributed by atoms with van der Waals surface area (Å²) < 4.78 is 5.77. The molecule has 0 saturated carbocycles. The molecule has 2 aromatic rings. The molecule has 0 radical (unpaired) electrons. The number of carbonyl (C=O) groups excluding carboxylic acids is 1. The van der Waals surface area contributed by atoms with Gasteiger partial charge in [0.2, 0.25) is 0 Å². The van der Waals surface area contributed by atoms with Crippen molar-refractivity contribution in [3.63, 3.8) is 0 Å². The van der Waals surface area contributed by atoms with Crippen molar-refractivity contribution in [1.29, 1.82) is 0 Å². The summed E-state index contributed by atoms with van der Waals surface area (Å²) in [5, 5.41) is 2.98. The Bertz CT molecular complexity index is 707. The molecule has 0 spiro atoms. The Kier molecular flexibility index (Phi) is 5.43. The summed E-state index contributed by atoms with van der Waals surface area (Å²) in [6, 6.07) is 11.7. The molecule has 0 aliphatic heterocycles. The summed E-state index contributed by atoms with van der Waals surface area (Å²) in [4.78, 5) is 12.3. The Hall–Kier alpha value is -2.29. The molecular formula is C20H25NO2. The SMILES string of the molecule is Cc1ccc(OC[C@@H](C)NC(=O)c2ccc(C)c(C)c2)cc1C. The van der Waals surface area contributed by atoms with Crippen LogP contribution in [0.3, 0.4) is 0 Å². The van der Waals surface area contributed by atoms with Gasteiger partial charge in [0.25, 0.3) is 5.91 Å². The van der Waals surface area contributed by atoms with Crippen LogP contribution in [0.5, 0.6) is 5.75 Å². The van der Waals surface area contributed by atoms with Gasteiger partial charge >= 0.3 is 0 Å². The highest BCUT2D eigenvalue weighted by atomic mass is 16.5. The average molecular weight is 311 g/mol. The second kappa shape index (κ2) is 7.32. The summed E-state index contributed by atoms with van der Waals surface area (Å²) in [6.07, 6.45) is 0. The van der Waals surface area contributed by atoms with Gasteiger partial charge in [-0.2, -0.15) is 0 Å². The zero-order chi connectivity index (χ0) is 17.0. The summed E-state index contributed by atoms with van der Waals surface area (Å²) >= 11 is 0. The highest BCUT2D eigenvalue weighted by Crippen LogP contribution is 2.16. The van der Waals surface area contributed by atoms with E-state index in [0.717, 1.165) is 11.3 Å². The van der Waals surface area contributed by atoms with E-state index in [9.17, 15) is 4.79 Å². The van der Waals surface area contributed by atoms with E-state index >= 15 is 0 Å². The molecule has 2 rings (SSSR count). The molecule has 1 atom stereocenters. The van der Waals surface area contributed by atoms with Crippen molar-refractivity contribution in [2.24, 2.45) is 0 Å². The lowest BCUT2D eigenvalue weighted by Crippen LogP contribution is -2.36. The number of carbonyl (C=O) groups is 1. The molecule has 3 heteroatoms. The fourth-order valence-electron chi connectivity index (χ4n) is 2.26. The largest absolute Gasteiger partial charge is 0.491 e. The van der Waals surface area contributed by atoms with Crippen molar-refractivity contribution in [1.82, 2.24) is 5.32 Å². The van der Waals surface area contributed by atoms with E-state index in [4.69, 9.17) is 4.74 Å². The molecular weight excluding hydrogens is 286 g/mol. The maximum atomic E-state index is 12.3. The van der Waals surface area contributed by atoms with Crippen molar-refractivity contribution in [2.75, 3.05) is 6.61 Å². The molecule has 0 bridgehead atoms. The van der Waals surface area contributed by atoms with Gasteiger partial charge in [0.15, 0.2) is 0 Å². The van der Waals surface area contributed by atoms with Crippen LogP contribution in [0.25, 0.3) is 0 Å². The number of ether oxygens (including phenoxy) is 1. The summed E-state index contributed by atoms with van der Waals surface area (Å²) in [6.45, 7) is 10.6. The van der Waals surface area contributed by atoms with Gasteiger partial charge in [0.1, 0.15) is 12.4 Å². The Balaban J connectivity index is 1.90. The monoisotopic (exact) mass is 311 g/mol. The van der Waals surface area contributed by atoms with Gasteiger partial charge in [-0.1, -0.05) is 12.1 Å². The molecule has 0 saturated heterocycles. The van der Waals surface area contributed by atoms with Crippen molar-refractivity contribution >= 4 is 5.91 Å². The van der Waals surface area contributed by atoms with Crippen molar-refractivity contribution in [3.8, 4) is 5.75 Å². The van der Waals surface area contributed by atoms with Gasteiger partial charge in [-0.3, -0.25) is 4.79 Å². The Morgan fingerprint density at radius 1 is 0.957 bits per heavy atom. The van der Waals surface area contributed by atoms with Crippen LogP contribution in [0.1, 0.15) is 39.5 Å². The van der Waals surface area contributed by atoms with Crippen molar-refractivity contribution < 1.29 is 9.53 Å². The van der Waals surface area contributed by atoms with Crippen LogP contribution in [0, 0.1) is 27.7 Å². The second-order valence-corrected chi connectivity index (χ2v) is 6.23. The lowest BCUT2D eigenvalue weighted by Gasteiger charge is -2.16. The van der Waals surface area contributed by atoms with Crippen LogP contribution in [0.4, 0.5) is 0 Å². The highest BCUT2D eigenvalue weighted by molar-refractivity contribution is 5.94. The van der Waals surface area contributed by atoms with Crippen LogP contribution < -0.4 is 10.1 Å². The molecule has 122 valence electrons. The Morgan fingerprint density at radius 3 is 2.17 bits per heavy atom. The Labute approximate surface area is 138 Å². The zero-order valence-electron chi connectivity index (χ0n) is 14.6. The van der Waals surface area contributed by atoms with E-state index < -0.39 is 0 Å². The molecule has 23 heavy (non-hydrogen) atoms. The zero-order valence-corrected chi connectivity index (χ0v) is 14.6. The maximum Gasteiger partial charge on any atom is 0.251 e. The first-order chi connectivity index (χ1) is 10.9. The van der Waals surface area contributed by atoms with E-state index in [2.05, 4.69) is 19.2 Å². The topological polar surface area (TPSA) is 38.3 Å². The molecule has 0 heterocycles. The van der Waals surface area contributed by atoms with E-state index in [1.54, 1.807) is 0 Å². The lowest BCUT2D eigenvalue weighted by molar-refractivity contribution is 0.0926. The van der Waals surface area contributed by atoms with Crippen LogP contribution in [0.2, 0.25) is 0 Å². The second-order valence-electron chi connectivity index (χ2n) is 6.23. The molecule has 0 aliphatic carbocycles. The van der Waals surface area contributed by atoms with Gasteiger partial charge in [0.05, 0.1) is 6.04 Å². The number of aryl methyl sites for hydroxylation is 4. The third-order valence-electron chi connectivity index (χ3n) is 4.12. The number of rotatable bonds is 5. The van der Waals surface area contributed by atoms with Gasteiger partial charge in [-0.15, -0.1) is 0 Å². The fraction of sp³-hybridized carbons (Fsp3) is 0.350. The molecule has 0 aliphatic rings. The molecule has 0 unspecified atom stereocenters. The molecule has 1 N–H and O–H groups in total. The summed E-state index contributed by atoms with van der Waals surface area (Å²) in [5.74, 6) is 0.768. The summed E-state index contributed by atoms with van der Waals surface area (Å²) in [7, 11) is 0. The third-order valence-corrected chi connectivity index (χ3v) is 4.12. The van der Waals surface area contributed by atoms with E-state index in [1.165, 1.54) is 16.7 Å². The first-order valence-corrected chi connectivity index (χ1v) is 7.95. The van der Waals surface area contributed by atoms with Gasteiger partial charge < -0.3 is 10.1 Å². The maximum absolute atomic E-state index is 12.3. The molecule has 1 amide bonds. The molecule has 0 aromatic heterocycles. The number of hydrogen-bond donors (Lipinski definition) is 1. The minimum absolute atomic E-state index is 0.0641. The average Bonchev–Trinajstić information content (AvgIpc) is 2.51. The summed E-state index contributed by atoms with van der Waals surface area (Å²) in [5.41, 5.74) is 5.44. The van der Waals surface area contributed by atoms with Gasteiger partial charge in [-0.25, -0.2) is 0 Å². The van der Waals surface area contributed by atoms with E-state index in [1.807, 2.05) is 57.2 Å². The van der Waals surface area contributed by atoms with Crippen molar-refractivity contribution in [2.45, 2.75) is 40.7 Å². The number of benzene rings is 2. The van der Waals surface area contributed by atoms with Gasteiger partial charge in [0, 0.05) is 5.56 Å². The molecule has 2 aromatic carbocycles. The minimum Gasteiger partial charge on any atom is -0.491 e. The van der Waals surface area contributed by atoms with E-state index in [0.29, 0.717) is 12.2 Å². The lowest BCUT2D eigenvalue weighted by atomic mass is 10.1. The number of hydrogen-bond acceptors (Lipinski definition) is 2. The van der Waals surface area contributed by atoms with Gasteiger partial charge in [-0.05, 0) is 81.1 Å². The van der Waals surface area contributed by atoms with Crippen LogP contribution >= 0.6 is 0 Å². The first-order valence-electron chi connectivity index (χ1n) is 7.95. The smallest absolute Gasteiger partial charge is 0.251 e. The quantitative estimate of drug-likeness (QED) is 0.902. The van der Waals surface area contributed by atoms with E-state index in [-0.39, 0.29) is 11.9 Å². The highest BCUT2D eigenvalue weighted by Gasteiger charge is 2.11. The molecule has 3 nitrogen and oxygen atoms in total. The first kappa shape index (κ1) is 17.1.